The van der Waals surface area contributed by atoms with Gasteiger partial charge in [-0.05, 0) is 17.7 Å². The maximum atomic E-state index is 12.8. The molecule has 20 heavy (non-hydrogen) atoms. The topological polar surface area (TPSA) is 26.3 Å². The van der Waals surface area contributed by atoms with E-state index in [4.69, 9.17) is 0 Å². The maximum absolute atomic E-state index is 12.8. The monoisotopic (exact) mass is 364 g/mol. The minimum Gasteiger partial charge on any atom is -0.469 e. The van der Waals surface area contributed by atoms with E-state index in [0.29, 0.717) is 6.07 Å². The lowest BCUT2D eigenvalue weighted by Gasteiger charge is -2.17. The number of carbonyl (C=O) groups is 1. The number of rotatable bonds is 2. The molecular formula is C11H7BrF6O2. The third-order valence-electron chi connectivity index (χ3n) is 2.38. The van der Waals surface area contributed by atoms with Crippen molar-refractivity contribution in [3.8, 4) is 0 Å². The van der Waals surface area contributed by atoms with Crippen molar-refractivity contribution in [1.29, 1.82) is 0 Å². The molecule has 0 heterocycles. The van der Waals surface area contributed by atoms with Crippen LogP contribution in [0.15, 0.2) is 16.6 Å². The summed E-state index contributed by atoms with van der Waals surface area (Å²) in [6.07, 6.45) is -10.7. The van der Waals surface area contributed by atoms with Gasteiger partial charge >= 0.3 is 18.3 Å². The number of halogens is 7. The number of carbonyl (C=O) groups excluding carboxylic acids is 1. The van der Waals surface area contributed by atoms with Crippen LogP contribution < -0.4 is 0 Å². The van der Waals surface area contributed by atoms with Crippen molar-refractivity contribution in [2.45, 2.75) is 18.8 Å². The summed E-state index contributed by atoms with van der Waals surface area (Å²) in [5.41, 5.74) is -3.58. The summed E-state index contributed by atoms with van der Waals surface area (Å²) in [6, 6.07) is 0.469. The minimum atomic E-state index is -5.02. The van der Waals surface area contributed by atoms with Crippen LogP contribution in [0.5, 0.6) is 0 Å². The Morgan fingerprint density at radius 1 is 1.15 bits per heavy atom. The SMILES string of the molecule is COC(=O)Cc1c(Br)cc(C(F)(F)F)cc1C(F)(F)F. The van der Waals surface area contributed by atoms with E-state index < -0.39 is 45.9 Å². The Bertz CT molecular complexity index is 521. The molecule has 0 amide bonds. The predicted molar refractivity (Wildman–Crippen MR) is 59.9 cm³/mol. The summed E-state index contributed by atoms with van der Waals surface area (Å²) in [5, 5.41) is 0. The highest BCUT2D eigenvalue weighted by atomic mass is 79.9. The zero-order valence-electron chi connectivity index (χ0n) is 9.82. The average molecular weight is 365 g/mol. The van der Waals surface area contributed by atoms with Crippen LogP contribution in [0.3, 0.4) is 0 Å². The molecule has 0 fully saturated rings. The van der Waals surface area contributed by atoms with Crippen LogP contribution in [0.25, 0.3) is 0 Å². The van der Waals surface area contributed by atoms with Crippen LogP contribution in [-0.4, -0.2) is 13.1 Å². The molecule has 0 N–H and O–H groups in total. The molecule has 0 radical (unpaired) electrons. The van der Waals surface area contributed by atoms with Crippen LogP contribution in [0.1, 0.15) is 16.7 Å². The minimum absolute atomic E-state index is 0.0248. The molecule has 112 valence electrons. The lowest BCUT2D eigenvalue weighted by molar-refractivity contribution is -0.144. The largest absolute Gasteiger partial charge is 0.469 e. The fraction of sp³-hybridized carbons (Fsp3) is 0.364. The van der Waals surface area contributed by atoms with E-state index in [1.165, 1.54) is 0 Å². The van der Waals surface area contributed by atoms with Crippen molar-refractivity contribution in [3.05, 3.63) is 33.3 Å². The van der Waals surface area contributed by atoms with Gasteiger partial charge in [0.1, 0.15) is 0 Å². The second-order valence-electron chi connectivity index (χ2n) is 3.73. The molecule has 0 aliphatic carbocycles. The molecule has 1 aromatic rings. The first kappa shape index (κ1) is 16.8. The number of hydrogen-bond donors (Lipinski definition) is 0. The second-order valence-corrected chi connectivity index (χ2v) is 4.59. The molecule has 9 heteroatoms. The molecular weight excluding hydrogens is 358 g/mol. The molecule has 0 aliphatic rings. The van der Waals surface area contributed by atoms with Crippen molar-refractivity contribution < 1.29 is 35.9 Å². The highest BCUT2D eigenvalue weighted by Gasteiger charge is 2.39. The summed E-state index contributed by atoms with van der Waals surface area (Å²) >= 11 is 2.63. The van der Waals surface area contributed by atoms with E-state index in [9.17, 15) is 31.1 Å². The van der Waals surface area contributed by atoms with E-state index in [1.54, 1.807) is 0 Å². The number of ether oxygens (including phenoxy) is 1. The van der Waals surface area contributed by atoms with Crippen LogP contribution in [0, 0.1) is 0 Å². The van der Waals surface area contributed by atoms with Crippen LogP contribution in [0.2, 0.25) is 0 Å². The summed E-state index contributed by atoms with van der Waals surface area (Å²) < 4.78 is 79.8. The zero-order chi connectivity index (χ0) is 15.7. The molecule has 1 rings (SSSR count). The maximum Gasteiger partial charge on any atom is 0.416 e. The fourth-order valence-corrected chi connectivity index (χ4v) is 2.05. The normalized spacial score (nSPS) is 12.4. The van der Waals surface area contributed by atoms with Crippen molar-refractivity contribution in [3.63, 3.8) is 0 Å². The van der Waals surface area contributed by atoms with Gasteiger partial charge in [-0.15, -0.1) is 0 Å². The average Bonchev–Trinajstić information content (AvgIpc) is 2.28. The Morgan fingerprint density at radius 2 is 1.70 bits per heavy atom. The van der Waals surface area contributed by atoms with E-state index in [0.717, 1.165) is 7.11 Å². The third kappa shape index (κ3) is 3.87. The van der Waals surface area contributed by atoms with Crippen molar-refractivity contribution >= 4 is 21.9 Å². The van der Waals surface area contributed by atoms with E-state index in [2.05, 4.69) is 20.7 Å². The molecule has 1 aromatic carbocycles. The van der Waals surface area contributed by atoms with Crippen LogP contribution in [-0.2, 0) is 28.3 Å². The smallest absolute Gasteiger partial charge is 0.416 e. The Hall–Kier alpha value is -1.25. The third-order valence-corrected chi connectivity index (χ3v) is 3.08. The van der Waals surface area contributed by atoms with Gasteiger partial charge in [0, 0.05) is 4.47 Å². The van der Waals surface area contributed by atoms with Gasteiger partial charge in [0.2, 0.25) is 0 Å². The standard InChI is InChI=1S/C11H7BrF6O2/c1-20-9(19)4-6-7(11(16,17)18)2-5(3-8(6)12)10(13,14)15/h2-3H,4H2,1H3. The summed E-state index contributed by atoms with van der Waals surface area (Å²) in [7, 11) is 0.966. The van der Waals surface area contributed by atoms with Gasteiger partial charge in [-0.3, -0.25) is 4.79 Å². The Morgan fingerprint density at radius 3 is 2.10 bits per heavy atom. The first-order valence-electron chi connectivity index (χ1n) is 5.00. The number of methoxy groups -OCH3 is 1. The predicted octanol–water partition coefficient (Wildman–Crippen LogP) is 4.20. The molecule has 0 saturated heterocycles. The Balaban J connectivity index is 3.47. The molecule has 0 bridgehead atoms. The van der Waals surface area contributed by atoms with Gasteiger partial charge in [0.05, 0.1) is 24.7 Å². The second kappa shape index (κ2) is 5.63. The van der Waals surface area contributed by atoms with E-state index in [-0.39, 0.29) is 6.07 Å². The molecule has 0 aliphatic heterocycles. The number of esters is 1. The zero-order valence-corrected chi connectivity index (χ0v) is 11.4. The Kier molecular flexibility index (Phi) is 4.73. The lowest BCUT2D eigenvalue weighted by Crippen LogP contribution is -2.17. The van der Waals surface area contributed by atoms with E-state index in [1.807, 2.05) is 0 Å². The quantitative estimate of drug-likeness (QED) is 0.580. The number of hydrogen-bond acceptors (Lipinski definition) is 2. The molecule has 0 saturated carbocycles. The first-order chi connectivity index (χ1) is 8.96. The Labute approximate surface area is 117 Å². The molecule has 0 atom stereocenters. The van der Waals surface area contributed by atoms with Gasteiger partial charge < -0.3 is 4.74 Å². The van der Waals surface area contributed by atoms with Crippen molar-refractivity contribution in [2.75, 3.05) is 7.11 Å². The molecule has 0 aromatic heterocycles. The van der Waals surface area contributed by atoms with Crippen LogP contribution in [0.4, 0.5) is 26.3 Å². The molecule has 2 nitrogen and oxygen atoms in total. The van der Waals surface area contributed by atoms with Crippen molar-refractivity contribution in [1.82, 2.24) is 0 Å². The molecule has 0 unspecified atom stereocenters. The summed E-state index contributed by atoms with van der Waals surface area (Å²) in [4.78, 5) is 11.1. The fourth-order valence-electron chi connectivity index (χ4n) is 1.45. The van der Waals surface area contributed by atoms with Gasteiger partial charge in [0.25, 0.3) is 0 Å². The van der Waals surface area contributed by atoms with Gasteiger partial charge in [-0.2, -0.15) is 26.3 Å². The van der Waals surface area contributed by atoms with Gasteiger partial charge in [0.15, 0.2) is 0 Å². The number of alkyl halides is 6. The van der Waals surface area contributed by atoms with Gasteiger partial charge in [-0.1, -0.05) is 15.9 Å². The van der Waals surface area contributed by atoms with Crippen molar-refractivity contribution in [2.24, 2.45) is 0 Å². The van der Waals surface area contributed by atoms with Crippen LogP contribution >= 0.6 is 15.9 Å². The summed E-state index contributed by atoms with van der Waals surface area (Å²) in [6.45, 7) is 0. The highest BCUT2D eigenvalue weighted by Crippen LogP contribution is 2.40. The highest BCUT2D eigenvalue weighted by molar-refractivity contribution is 9.10. The number of benzene rings is 1. The lowest BCUT2D eigenvalue weighted by atomic mass is 10.0. The molecule has 0 spiro atoms. The van der Waals surface area contributed by atoms with Gasteiger partial charge in [-0.25, -0.2) is 0 Å². The first-order valence-corrected chi connectivity index (χ1v) is 5.79. The summed E-state index contributed by atoms with van der Waals surface area (Å²) in [5.74, 6) is -0.990. The van der Waals surface area contributed by atoms with E-state index >= 15 is 0 Å².